The van der Waals surface area contributed by atoms with Crippen LogP contribution in [0.4, 0.5) is 5.69 Å². The van der Waals surface area contributed by atoms with Crippen LogP contribution in [0.1, 0.15) is 5.56 Å². The molecule has 148 valence electrons. The van der Waals surface area contributed by atoms with Gasteiger partial charge in [-0.2, -0.15) is 0 Å². The van der Waals surface area contributed by atoms with E-state index in [2.05, 4.69) is 11.4 Å². The molecule has 1 aromatic heterocycles. The van der Waals surface area contributed by atoms with Gasteiger partial charge in [-0.1, -0.05) is 11.8 Å². The number of aromatic nitrogens is 1. The number of anilines is 1. The van der Waals surface area contributed by atoms with Gasteiger partial charge in [0.25, 0.3) is 0 Å². The summed E-state index contributed by atoms with van der Waals surface area (Å²) in [5.41, 5.74) is 2.50. The topological polar surface area (TPSA) is 78.9 Å². The van der Waals surface area contributed by atoms with Crippen LogP contribution >= 0.6 is 11.8 Å². The van der Waals surface area contributed by atoms with E-state index in [9.17, 15) is 4.79 Å². The lowest BCUT2D eigenvalue weighted by atomic mass is 10.1. The van der Waals surface area contributed by atoms with Gasteiger partial charge in [-0.15, -0.1) is 0 Å². The molecule has 0 aliphatic carbocycles. The van der Waals surface area contributed by atoms with Crippen molar-refractivity contribution in [3.05, 3.63) is 42.0 Å². The first-order chi connectivity index (χ1) is 14.2. The maximum absolute atomic E-state index is 12.4. The molecule has 0 radical (unpaired) electrons. The van der Waals surface area contributed by atoms with Crippen molar-refractivity contribution in [3.63, 3.8) is 0 Å². The normalized spacial score (nSPS) is 14.1. The molecule has 1 amide bonds. The summed E-state index contributed by atoms with van der Waals surface area (Å²) in [6.07, 6.45) is 0. The van der Waals surface area contributed by atoms with Gasteiger partial charge >= 0.3 is 0 Å². The van der Waals surface area contributed by atoms with E-state index in [1.807, 2.05) is 19.1 Å². The SMILES string of the molecule is Cc1cc2cc3c(cc2nc1SCC(=O)Nc1ccc2c(c1)OCO2)OCCO3. The summed E-state index contributed by atoms with van der Waals surface area (Å²) in [6.45, 7) is 3.28. The first kappa shape index (κ1) is 17.9. The number of hydrogen-bond acceptors (Lipinski definition) is 7. The predicted molar refractivity (Wildman–Crippen MR) is 109 cm³/mol. The Balaban J connectivity index is 1.29. The molecule has 2 aliphatic rings. The summed E-state index contributed by atoms with van der Waals surface area (Å²) in [4.78, 5) is 17.1. The smallest absolute Gasteiger partial charge is 0.234 e. The van der Waals surface area contributed by atoms with E-state index in [1.165, 1.54) is 11.8 Å². The number of benzene rings is 2. The van der Waals surface area contributed by atoms with Gasteiger partial charge in [-0.3, -0.25) is 4.79 Å². The van der Waals surface area contributed by atoms with Crippen LogP contribution in [0.3, 0.4) is 0 Å². The number of carbonyl (C=O) groups excluding carboxylic acids is 1. The number of hydrogen-bond donors (Lipinski definition) is 1. The third kappa shape index (κ3) is 3.63. The lowest BCUT2D eigenvalue weighted by molar-refractivity contribution is -0.113. The molecule has 0 spiro atoms. The summed E-state index contributed by atoms with van der Waals surface area (Å²) in [5.74, 6) is 2.91. The molecule has 0 atom stereocenters. The van der Waals surface area contributed by atoms with Crippen LogP contribution in [0.5, 0.6) is 23.0 Å². The van der Waals surface area contributed by atoms with Crippen LogP contribution in [0, 0.1) is 6.92 Å². The van der Waals surface area contributed by atoms with Crippen molar-refractivity contribution in [2.24, 2.45) is 0 Å². The highest BCUT2D eigenvalue weighted by molar-refractivity contribution is 8.00. The maximum atomic E-state index is 12.4. The summed E-state index contributed by atoms with van der Waals surface area (Å²) in [7, 11) is 0. The number of fused-ring (bicyclic) bond motifs is 3. The highest BCUT2D eigenvalue weighted by Gasteiger charge is 2.16. The van der Waals surface area contributed by atoms with Crippen molar-refractivity contribution in [2.45, 2.75) is 11.9 Å². The molecular formula is C21H18N2O5S. The Morgan fingerprint density at radius 3 is 2.62 bits per heavy atom. The number of thioether (sulfide) groups is 1. The van der Waals surface area contributed by atoms with Crippen LogP contribution in [-0.4, -0.2) is 36.7 Å². The molecule has 0 saturated heterocycles. The molecular weight excluding hydrogens is 392 g/mol. The van der Waals surface area contributed by atoms with Gasteiger partial charge in [-0.25, -0.2) is 4.98 Å². The average Bonchev–Trinajstić information content (AvgIpc) is 3.18. The Labute approximate surface area is 171 Å². The third-order valence-electron chi connectivity index (χ3n) is 4.62. The van der Waals surface area contributed by atoms with Gasteiger partial charge in [0.2, 0.25) is 12.7 Å². The van der Waals surface area contributed by atoms with Gasteiger partial charge in [0.15, 0.2) is 23.0 Å². The van der Waals surface area contributed by atoms with E-state index in [0.717, 1.165) is 27.2 Å². The van der Waals surface area contributed by atoms with Crippen LogP contribution in [0.15, 0.2) is 41.4 Å². The average molecular weight is 410 g/mol. The second-order valence-corrected chi connectivity index (χ2v) is 7.67. The van der Waals surface area contributed by atoms with Crippen molar-refractivity contribution in [1.29, 1.82) is 0 Å². The van der Waals surface area contributed by atoms with Crippen molar-refractivity contribution < 1.29 is 23.7 Å². The summed E-state index contributed by atoms with van der Waals surface area (Å²) >= 11 is 1.40. The van der Waals surface area contributed by atoms with E-state index < -0.39 is 0 Å². The number of aryl methyl sites for hydroxylation is 1. The second kappa shape index (κ2) is 7.36. The second-order valence-electron chi connectivity index (χ2n) is 6.70. The predicted octanol–water partition coefficient (Wildman–Crippen LogP) is 3.77. The molecule has 0 unspecified atom stereocenters. The molecule has 8 heteroatoms. The summed E-state index contributed by atoms with van der Waals surface area (Å²) in [5, 5.41) is 4.68. The molecule has 7 nitrogen and oxygen atoms in total. The van der Waals surface area contributed by atoms with Crippen molar-refractivity contribution in [1.82, 2.24) is 4.98 Å². The van der Waals surface area contributed by atoms with Gasteiger partial charge in [0.05, 0.1) is 11.3 Å². The van der Waals surface area contributed by atoms with Crippen LogP contribution in [-0.2, 0) is 4.79 Å². The van der Waals surface area contributed by atoms with E-state index in [4.69, 9.17) is 23.9 Å². The van der Waals surface area contributed by atoms with Gasteiger partial charge < -0.3 is 24.3 Å². The Bertz CT molecular complexity index is 1120. The molecule has 29 heavy (non-hydrogen) atoms. The Morgan fingerprint density at radius 2 is 1.76 bits per heavy atom. The van der Waals surface area contributed by atoms with E-state index in [-0.39, 0.29) is 18.5 Å². The van der Waals surface area contributed by atoms with Gasteiger partial charge in [0.1, 0.15) is 18.2 Å². The molecule has 1 N–H and O–H groups in total. The Morgan fingerprint density at radius 1 is 1.00 bits per heavy atom. The zero-order valence-electron chi connectivity index (χ0n) is 15.7. The molecule has 5 rings (SSSR count). The number of carbonyl (C=O) groups is 1. The zero-order chi connectivity index (χ0) is 19.8. The molecule has 0 bridgehead atoms. The molecule has 0 fully saturated rings. The number of rotatable bonds is 4. The van der Waals surface area contributed by atoms with Gasteiger partial charge in [0, 0.05) is 23.2 Å². The first-order valence-electron chi connectivity index (χ1n) is 9.19. The number of pyridine rings is 1. The molecule has 0 saturated carbocycles. The minimum atomic E-state index is -0.114. The quantitative estimate of drug-likeness (QED) is 0.656. The lowest BCUT2D eigenvalue weighted by Crippen LogP contribution is -2.15. The van der Waals surface area contributed by atoms with Gasteiger partial charge in [-0.05, 0) is 36.8 Å². The number of nitrogens with one attached hydrogen (secondary N) is 1. The van der Waals surface area contributed by atoms with E-state index >= 15 is 0 Å². The minimum Gasteiger partial charge on any atom is -0.486 e. The highest BCUT2D eigenvalue weighted by atomic mass is 32.2. The van der Waals surface area contributed by atoms with Crippen LogP contribution < -0.4 is 24.3 Å². The first-order valence-corrected chi connectivity index (χ1v) is 10.2. The fourth-order valence-corrected chi connectivity index (χ4v) is 4.04. The monoisotopic (exact) mass is 410 g/mol. The highest BCUT2D eigenvalue weighted by Crippen LogP contribution is 2.36. The third-order valence-corrected chi connectivity index (χ3v) is 5.71. The van der Waals surface area contributed by atoms with Crippen LogP contribution in [0.25, 0.3) is 10.9 Å². The van der Waals surface area contributed by atoms with Crippen molar-refractivity contribution in [3.8, 4) is 23.0 Å². The molecule has 2 aromatic carbocycles. The fourth-order valence-electron chi connectivity index (χ4n) is 3.25. The minimum absolute atomic E-state index is 0.114. The van der Waals surface area contributed by atoms with Crippen molar-refractivity contribution in [2.75, 3.05) is 31.1 Å². The lowest BCUT2D eigenvalue weighted by Gasteiger charge is -2.19. The summed E-state index contributed by atoms with van der Waals surface area (Å²) < 4.78 is 21.9. The number of nitrogens with zero attached hydrogens (tertiary/aromatic N) is 1. The molecule has 3 heterocycles. The van der Waals surface area contributed by atoms with Crippen molar-refractivity contribution >= 4 is 34.3 Å². The van der Waals surface area contributed by atoms with E-state index in [1.54, 1.807) is 18.2 Å². The number of ether oxygens (including phenoxy) is 4. The Kier molecular flexibility index (Phi) is 4.55. The molecule has 3 aromatic rings. The Hall–Kier alpha value is -3.13. The fraction of sp³-hybridized carbons (Fsp3) is 0.238. The standard InChI is InChI=1S/C21H18N2O5S/c1-12-6-13-7-17-19(26-5-4-25-17)9-15(13)23-21(12)29-10-20(24)22-14-2-3-16-18(8-14)28-11-27-16/h2-3,6-9H,4-5,10-11H2,1H3,(H,22,24). The maximum Gasteiger partial charge on any atom is 0.234 e. The largest absolute Gasteiger partial charge is 0.486 e. The molecule has 2 aliphatic heterocycles. The van der Waals surface area contributed by atoms with Crippen LogP contribution in [0.2, 0.25) is 0 Å². The summed E-state index contributed by atoms with van der Waals surface area (Å²) in [6, 6.07) is 11.2. The van der Waals surface area contributed by atoms with E-state index in [0.29, 0.717) is 36.1 Å². The zero-order valence-corrected chi connectivity index (χ0v) is 16.5. The number of amides is 1.